The number of rotatable bonds is 8. The van der Waals surface area contributed by atoms with Crippen molar-refractivity contribution >= 4 is 40.8 Å². The lowest BCUT2D eigenvalue weighted by atomic mass is 10.2. The molecule has 0 spiro atoms. The van der Waals surface area contributed by atoms with E-state index in [1.807, 2.05) is 0 Å². The number of hydrazone groups is 1. The summed E-state index contributed by atoms with van der Waals surface area (Å²) in [4.78, 5) is 13.2. The van der Waals surface area contributed by atoms with E-state index in [1.54, 1.807) is 30.3 Å². The Kier molecular flexibility index (Phi) is 8.53. The molecule has 0 aliphatic carbocycles. The standard InChI is InChI=1S/C20H22ClN5O4S/c21-16-3-1-2-4-18(16)30-19-6-5-15(13-17(19)26(27)28)14-23-24-20(31)22-7-8-25-9-11-29-12-10-25/h1-6,13-14H,7-12H2,(H2,22,24,31)/b23-14+. The first kappa shape index (κ1) is 22.9. The van der Waals surface area contributed by atoms with Gasteiger partial charge in [-0.25, -0.2) is 0 Å². The molecule has 1 aliphatic rings. The molecule has 2 N–H and O–H groups in total. The van der Waals surface area contributed by atoms with E-state index in [0.717, 1.165) is 32.8 Å². The van der Waals surface area contributed by atoms with Crippen molar-refractivity contribution < 1.29 is 14.4 Å². The summed E-state index contributed by atoms with van der Waals surface area (Å²) in [5, 5.41) is 19.3. The van der Waals surface area contributed by atoms with Crippen LogP contribution in [0.25, 0.3) is 0 Å². The van der Waals surface area contributed by atoms with E-state index < -0.39 is 4.92 Å². The SMILES string of the molecule is O=[N+]([O-])c1cc(/C=N/NC(=S)NCCN2CCOCC2)ccc1Oc1ccccc1Cl. The summed E-state index contributed by atoms with van der Waals surface area (Å²) < 4.78 is 10.9. The van der Waals surface area contributed by atoms with Crippen molar-refractivity contribution in [3.8, 4) is 11.5 Å². The summed E-state index contributed by atoms with van der Waals surface area (Å²) in [6.07, 6.45) is 1.45. The van der Waals surface area contributed by atoms with Gasteiger partial charge >= 0.3 is 5.69 Å². The molecule has 9 nitrogen and oxygen atoms in total. The number of nitrogens with zero attached hydrogens (tertiary/aromatic N) is 3. The second-order valence-corrected chi connectivity index (χ2v) is 7.41. The largest absolute Gasteiger partial charge is 0.449 e. The minimum atomic E-state index is -0.519. The predicted molar refractivity (Wildman–Crippen MR) is 123 cm³/mol. The maximum atomic E-state index is 11.5. The number of benzene rings is 2. The quantitative estimate of drug-likeness (QED) is 0.266. The summed E-state index contributed by atoms with van der Waals surface area (Å²) in [7, 11) is 0. The van der Waals surface area contributed by atoms with Gasteiger partial charge in [0.1, 0.15) is 5.75 Å². The van der Waals surface area contributed by atoms with Gasteiger partial charge in [0.25, 0.3) is 0 Å². The van der Waals surface area contributed by atoms with E-state index in [0.29, 0.717) is 28.0 Å². The van der Waals surface area contributed by atoms with Crippen LogP contribution in [-0.2, 0) is 4.74 Å². The van der Waals surface area contributed by atoms with Gasteiger partial charge in [0, 0.05) is 37.8 Å². The topological polar surface area (TPSA) is 101 Å². The Morgan fingerprint density at radius 1 is 1.29 bits per heavy atom. The van der Waals surface area contributed by atoms with Gasteiger partial charge in [-0.2, -0.15) is 5.10 Å². The van der Waals surface area contributed by atoms with Gasteiger partial charge in [0.15, 0.2) is 5.11 Å². The van der Waals surface area contributed by atoms with Crippen LogP contribution in [-0.4, -0.2) is 60.5 Å². The second-order valence-electron chi connectivity index (χ2n) is 6.60. The number of halogens is 1. The maximum absolute atomic E-state index is 11.5. The van der Waals surface area contributed by atoms with Crippen molar-refractivity contribution in [2.24, 2.45) is 5.10 Å². The molecule has 0 bridgehead atoms. The highest BCUT2D eigenvalue weighted by atomic mass is 35.5. The zero-order chi connectivity index (χ0) is 22.1. The van der Waals surface area contributed by atoms with Gasteiger partial charge in [-0.15, -0.1) is 0 Å². The third-order valence-corrected chi connectivity index (χ3v) is 4.98. The third-order valence-electron chi connectivity index (χ3n) is 4.43. The van der Waals surface area contributed by atoms with E-state index >= 15 is 0 Å². The highest BCUT2D eigenvalue weighted by Gasteiger charge is 2.17. The number of nitro benzene ring substituents is 1. The summed E-state index contributed by atoms with van der Waals surface area (Å²) in [6, 6.07) is 11.3. The summed E-state index contributed by atoms with van der Waals surface area (Å²) >= 11 is 11.3. The molecular formula is C20H22ClN5O4S. The molecule has 1 aliphatic heterocycles. The van der Waals surface area contributed by atoms with Crippen LogP contribution in [0.4, 0.5) is 5.69 Å². The fourth-order valence-electron chi connectivity index (χ4n) is 2.85. The zero-order valence-electron chi connectivity index (χ0n) is 16.6. The minimum Gasteiger partial charge on any atom is -0.449 e. The van der Waals surface area contributed by atoms with Crippen molar-refractivity contribution in [3.05, 3.63) is 63.2 Å². The van der Waals surface area contributed by atoms with E-state index in [9.17, 15) is 10.1 Å². The zero-order valence-corrected chi connectivity index (χ0v) is 18.2. The van der Waals surface area contributed by atoms with E-state index in [-0.39, 0.29) is 11.4 Å². The number of ether oxygens (including phenoxy) is 2. The number of hydrogen-bond acceptors (Lipinski definition) is 7. The number of morpholine rings is 1. The normalized spacial score (nSPS) is 14.4. The van der Waals surface area contributed by atoms with Crippen LogP contribution in [0.5, 0.6) is 11.5 Å². The van der Waals surface area contributed by atoms with Crippen LogP contribution in [0.3, 0.4) is 0 Å². The van der Waals surface area contributed by atoms with Crippen molar-refractivity contribution in [3.63, 3.8) is 0 Å². The number of nitro groups is 1. The van der Waals surface area contributed by atoms with Crippen LogP contribution >= 0.6 is 23.8 Å². The number of hydrogen-bond donors (Lipinski definition) is 2. The van der Waals surface area contributed by atoms with E-state index in [4.69, 9.17) is 33.3 Å². The van der Waals surface area contributed by atoms with Gasteiger partial charge in [-0.05, 0) is 36.5 Å². The first-order valence-electron chi connectivity index (χ1n) is 9.61. The molecule has 164 valence electrons. The van der Waals surface area contributed by atoms with Gasteiger partial charge in [-0.3, -0.25) is 20.4 Å². The molecule has 3 rings (SSSR count). The third kappa shape index (κ3) is 7.14. The van der Waals surface area contributed by atoms with Crippen molar-refractivity contribution in [1.29, 1.82) is 0 Å². The molecule has 1 fully saturated rings. The maximum Gasteiger partial charge on any atom is 0.312 e. The Labute approximate surface area is 190 Å². The molecule has 0 amide bonds. The fourth-order valence-corrected chi connectivity index (χ4v) is 3.18. The molecular weight excluding hydrogens is 442 g/mol. The Balaban J connectivity index is 1.54. The molecule has 0 atom stereocenters. The molecule has 2 aromatic rings. The van der Waals surface area contributed by atoms with Crippen LogP contribution in [0.2, 0.25) is 5.02 Å². The summed E-state index contributed by atoms with van der Waals surface area (Å²) in [6.45, 7) is 4.86. The fraction of sp³-hybridized carbons (Fsp3) is 0.300. The summed E-state index contributed by atoms with van der Waals surface area (Å²) in [5.74, 6) is 0.423. The second kappa shape index (κ2) is 11.6. The Morgan fingerprint density at radius 3 is 2.81 bits per heavy atom. The molecule has 2 aromatic carbocycles. The van der Waals surface area contributed by atoms with Crippen LogP contribution in [0.1, 0.15) is 5.56 Å². The lowest BCUT2D eigenvalue weighted by Crippen LogP contribution is -2.42. The molecule has 0 unspecified atom stereocenters. The molecule has 0 radical (unpaired) electrons. The first-order chi connectivity index (χ1) is 15.0. The number of nitrogens with one attached hydrogen (secondary N) is 2. The van der Waals surface area contributed by atoms with Crippen molar-refractivity contribution in [2.75, 3.05) is 39.4 Å². The summed E-state index contributed by atoms with van der Waals surface area (Å²) in [5.41, 5.74) is 3.02. The van der Waals surface area contributed by atoms with Gasteiger partial charge in [0.2, 0.25) is 5.75 Å². The number of thiocarbonyl (C=S) groups is 1. The van der Waals surface area contributed by atoms with Gasteiger partial charge in [0.05, 0.1) is 29.4 Å². The lowest BCUT2D eigenvalue weighted by Gasteiger charge is -2.26. The molecule has 1 saturated heterocycles. The van der Waals surface area contributed by atoms with Gasteiger partial charge in [-0.1, -0.05) is 23.7 Å². The van der Waals surface area contributed by atoms with Crippen molar-refractivity contribution in [2.45, 2.75) is 0 Å². The smallest absolute Gasteiger partial charge is 0.312 e. The monoisotopic (exact) mass is 463 g/mol. The van der Waals surface area contributed by atoms with Crippen molar-refractivity contribution in [1.82, 2.24) is 15.6 Å². The first-order valence-corrected chi connectivity index (χ1v) is 10.4. The Morgan fingerprint density at radius 2 is 2.06 bits per heavy atom. The molecule has 0 aromatic heterocycles. The highest BCUT2D eigenvalue weighted by molar-refractivity contribution is 7.80. The average molecular weight is 464 g/mol. The van der Waals surface area contributed by atoms with E-state index in [1.165, 1.54) is 18.3 Å². The average Bonchev–Trinajstić information content (AvgIpc) is 2.77. The molecule has 0 saturated carbocycles. The number of para-hydroxylation sites is 1. The lowest BCUT2D eigenvalue weighted by molar-refractivity contribution is -0.385. The molecule has 1 heterocycles. The van der Waals surface area contributed by atoms with Crippen LogP contribution in [0, 0.1) is 10.1 Å². The van der Waals surface area contributed by atoms with Gasteiger partial charge < -0.3 is 14.8 Å². The molecule has 31 heavy (non-hydrogen) atoms. The van der Waals surface area contributed by atoms with Crippen LogP contribution in [0.15, 0.2) is 47.6 Å². The predicted octanol–water partition coefficient (Wildman–Crippen LogP) is 3.17. The van der Waals surface area contributed by atoms with E-state index in [2.05, 4.69) is 20.7 Å². The minimum absolute atomic E-state index is 0.0866. The Hall–Kier alpha value is -2.79. The Bertz CT molecular complexity index is 953. The van der Waals surface area contributed by atoms with Crippen LogP contribution < -0.4 is 15.5 Å². The molecule has 11 heteroatoms. The highest BCUT2D eigenvalue weighted by Crippen LogP contribution is 2.35.